The molecule has 0 N–H and O–H groups in total. The highest BCUT2D eigenvalue weighted by Crippen LogP contribution is 2.27. The molecule has 0 aromatic heterocycles. The molecule has 6 heteroatoms. The molecule has 0 heterocycles. The highest BCUT2D eigenvalue weighted by molar-refractivity contribution is 8.00. The third kappa shape index (κ3) is 4.03. The number of hydrogen-bond donors (Lipinski definition) is 0. The van der Waals surface area contributed by atoms with E-state index < -0.39 is 23.0 Å². The summed E-state index contributed by atoms with van der Waals surface area (Å²) in [5.74, 6) is -2.47. The fraction of sp³-hybridized carbons (Fsp3) is 0.429. The number of esters is 1. The van der Waals surface area contributed by atoms with Crippen molar-refractivity contribution in [1.29, 1.82) is 0 Å². The van der Waals surface area contributed by atoms with E-state index in [9.17, 15) is 18.4 Å². The van der Waals surface area contributed by atoms with Crippen LogP contribution in [-0.2, 0) is 14.3 Å². The van der Waals surface area contributed by atoms with Gasteiger partial charge in [0.25, 0.3) is 0 Å². The van der Waals surface area contributed by atoms with Crippen LogP contribution in [0.15, 0.2) is 23.1 Å². The molecule has 0 saturated heterocycles. The number of rotatable bonds is 6. The zero-order chi connectivity index (χ0) is 15.3. The third-order valence-corrected chi connectivity index (χ3v) is 3.78. The van der Waals surface area contributed by atoms with Crippen LogP contribution in [0.25, 0.3) is 0 Å². The van der Waals surface area contributed by atoms with E-state index in [1.54, 1.807) is 6.92 Å². The summed E-state index contributed by atoms with van der Waals surface area (Å²) in [4.78, 5) is 23.8. The van der Waals surface area contributed by atoms with Gasteiger partial charge in [-0.3, -0.25) is 9.59 Å². The van der Waals surface area contributed by atoms with Crippen molar-refractivity contribution >= 4 is 23.5 Å². The summed E-state index contributed by atoms with van der Waals surface area (Å²) in [5.41, 5.74) is -1.28. The molecule has 20 heavy (non-hydrogen) atoms. The van der Waals surface area contributed by atoms with Crippen molar-refractivity contribution in [2.75, 3.05) is 12.4 Å². The average molecular weight is 302 g/mol. The molecule has 3 nitrogen and oxygen atoms in total. The lowest BCUT2D eigenvalue weighted by Gasteiger charge is -2.20. The zero-order valence-corrected chi connectivity index (χ0v) is 12.4. The van der Waals surface area contributed by atoms with E-state index in [0.717, 1.165) is 23.9 Å². The number of benzene rings is 1. The Balaban J connectivity index is 2.69. The molecule has 0 bridgehead atoms. The summed E-state index contributed by atoms with van der Waals surface area (Å²) in [6, 6.07) is 3.13. The van der Waals surface area contributed by atoms with Crippen LogP contribution in [0, 0.1) is 17.0 Å². The summed E-state index contributed by atoms with van der Waals surface area (Å²) in [6.45, 7) is 4.78. The minimum Gasteiger partial charge on any atom is -0.465 e. The maximum absolute atomic E-state index is 13.4. The molecule has 0 fully saturated rings. The van der Waals surface area contributed by atoms with Gasteiger partial charge in [0.1, 0.15) is 17.0 Å². The van der Waals surface area contributed by atoms with Crippen LogP contribution in [0.2, 0.25) is 0 Å². The van der Waals surface area contributed by atoms with Crippen molar-refractivity contribution in [2.45, 2.75) is 25.7 Å². The number of Topliss-reactive ketones (excluding diaryl/α,β-unsaturated/α-hetero) is 1. The van der Waals surface area contributed by atoms with E-state index in [4.69, 9.17) is 4.74 Å². The molecule has 0 spiro atoms. The van der Waals surface area contributed by atoms with Gasteiger partial charge in [-0.25, -0.2) is 8.78 Å². The molecule has 0 radical (unpaired) electrons. The second-order valence-electron chi connectivity index (χ2n) is 4.63. The van der Waals surface area contributed by atoms with E-state index in [2.05, 4.69) is 0 Å². The van der Waals surface area contributed by atoms with E-state index in [1.165, 1.54) is 19.9 Å². The maximum Gasteiger partial charge on any atom is 0.319 e. The van der Waals surface area contributed by atoms with Crippen LogP contribution in [-0.4, -0.2) is 24.1 Å². The Kier molecular flexibility index (Phi) is 5.68. The molecule has 0 saturated carbocycles. The molecule has 0 aliphatic carbocycles. The van der Waals surface area contributed by atoms with Gasteiger partial charge >= 0.3 is 5.97 Å². The standard InChI is InChI=1S/C14H16F2O3S/c1-4-19-13(18)14(2,3)12(17)8-20-11-6-5-9(15)7-10(11)16/h5-7H,4,8H2,1-3H3. The number of carbonyl (C=O) groups excluding carboxylic acids is 2. The van der Waals surface area contributed by atoms with E-state index in [1.807, 2.05) is 0 Å². The maximum atomic E-state index is 13.4. The summed E-state index contributed by atoms with van der Waals surface area (Å²) in [6.07, 6.45) is 0. The second kappa shape index (κ2) is 6.83. The number of ketones is 1. The van der Waals surface area contributed by atoms with Crippen molar-refractivity contribution in [3.63, 3.8) is 0 Å². The highest BCUT2D eigenvalue weighted by atomic mass is 32.2. The Morgan fingerprint density at radius 2 is 1.95 bits per heavy atom. The lowest BCUT2D eigenvalue weighted by molar-refractivity contribution is -0.157. The smallest absolute Gasteiger partial charge is 0.319 e. The van der Waals surface area contributed by atoms with Gasteiger partial charge in [0.15, 0.2) is 5.78 Å². The summed E-state index contributed by atoms with van der Waals surface area (Å²) < 4.78 is 31.0. The Labute approximate surface area is 120 Å². The lowest BCUT2D eigenvalue weighted by Crippen LogP contribution is -2.36. The van der Waals surface area contributed by atoms with Gasteiger partial charge in [0.05, 0.1) is 12.4 Å². The van der Waals surface area contributed by atoms with Gasteiger partial charge in [-0.15, -0.1) is 11.8 Å². The number of thioether (sulfide) groups is 1. The first-order valence-electron chi connectivity index (χ1n) is 6.07. The molecule has 1 aromatic rings. The first kappa shape index (κ1) is 16.6. The molecule has 0 aliphatic rings. The second-order valence-corrected chi connectivity index (χ2v) is 5.65. The molecular weight excluding hydrogens is 286 g/mol. The SMILES string of the molecule is CCOC(=O)C(C)(C)C(=O)CSc1ccc(F)cc1F. The highest BCUT2D eigenvalue weighted by Gasteiger charge is 2.37. The molecule has 0 unspecified atom stereocenters. The topological polar surface area (TPSA) is 43.4 Å². The van der Waals surface area contributed by atoms with Crippen LogP contribution in [0.3, 0.4) is 0 Å². The molecular formula is C14H16F2O3S. The summed E-state index contributed by atoms with van der Waals surface area (Å²) >= 11 is 0.927. The van der Waals surface area contributed by atoms with Gasteiger partial charge in [0, 0.05) is 11.0 Å². The third-order valence-electron chi connectivity index (χ3n) is 2.74. The van der Waals surface area contributed by atoms with E-state index in [-0.39, 0.29) is 23.0 Å². The Hall–Kier alpha value is -1.43. The van der Waals surface area contributed by atoms with Gasteiger partial charge < -0.3 is 4.74 Å². The molecule has 110 valence electrons. The van der Waals surface area contributed by atoms with Crippen molar-refractivity contribution in [3.05, 3.63) is 29.8 Å². The number of hydrogen-bond acceptors (Lipinski definition) is 4. The largest absolute Gasteiger partial charge is 0.465 e. The van der Waals surface area contributed by atoms with E-state index in [0.29, 0.717) is 0 Å². The van der Waals surface area contributed by atoms with Crippen molar-refractivity contribution in [1.82, 2.24) is 0 Å². The molecule has 0 aliphatic heterocycles. The van der Waals surface area contributed by atoms with Gasteiger partial charge in [-0.1, -0.05) is 0 Å². The summed E-state index contributed by atoms with van der Waals surface area (Å²) in [5, 5.41) is 0. The molecule has 0 atom stereocenters. The molecule has 0 amide bonds. The predicted molar refractivity (Wildman–Crippen MR) is 72.5 cm³/mol. The summed E-state index contributed by atoms with van der Waals surface area (Å²) in [7, 11) is 0. The lowest BCUT2D eigenvalue weighted by atomic mass is 9.89. The number of halogens is 2. The number of carbonyl (C=O) groups is 2. The van der Waals surface area contributed by atoms with Crippen LogP contribution in [0.1, 0.15) is 20.8 Å². The predicted octanol–water partition coefficient (Wildman–Crippen LogP) is 3.22. The minimum atomic E-state index is -1.28. The molecule has 1 rings (SSSR count). The van der Waals surface area contributed by atoms with Crippen molar-refractivity contribution < 1.29 is 23.1 Å². The van der Waals surface area contributed by atoms with Gasteiger partial charge in [-0.05, 0) is 32.9 Å². The fourth-order valence-electron chi connectivity index (χ4n) is 1.34. The van der Waals surface area contributed by atoms with Crippen LogP contribution < -0.4 is 0 Å². The minimum absolute atomic E-state index is 0.0889. The van der Waals surface area contributed by atoms with Gasteiger partial charge in [0.2, 0.25) is 0 Å². The first-order valence-corrected chi connectivity index (χ1v) is 7.06. The van der Waals surface area contributed by atoms with Gasteiger partial charge in [-0.2, -0.15) is 0 Å². The zero-order valence-electron chi connectivity index (χ0n) is 11.5. The average Bonchev–Trinajstić information content (AvgIpc) is 2.37. The first-order chi connectivity index (χ1) is 9.28. The quantitative estimate of drug-likeness (QED) is 0.460. The normalized spacial score (nSPS) is 11.2. The Morgan fingerprint density at radius 1 is 1.30 bits per heavy atom. The van der Waals surface area contributed by atoms with Crippen LogP contribution >= 0.6 is 11.8 Å². The Morgan fingerprint density at radius 3 is 2.50 bits per heavy atom. The molecule has 1 aromatic carbocycles. The van der Waals surface area contributed by atoms with Crippen LogP contribution in [0.4, 0.5) is 8.78 Å². The monoisotopic (exact) mass is 302 g/mol. The van der Waals surface area contributed by atoms with Crippen molar-refractivity contribution in [3.8, 4) is 0 Å². The number of ether oxygens (including phenoxy) is 1. The fourth-order valence-corrected chi connectivity index (χ4v) is 2.35. The van der Waals surface area contributed by atoms with E-state index >= 15 is 0 Å². The Bertz CT molecular complexity index is 515. The van der Waals surface area contributed by atoms with Crippen molar-refractivity contribution in [2.24, 2.45) is 5.41 Å². The van der Waals surface area contributed by atoms with Crippen LogP contribution in [0.5, 0.6) is 0 Å².